The molecule has 1 aromatic carbocycles. The Labute approximate surface area is 88.9 Å². The number of nitrogens with zero attached hydrogens (tertiary/aromatic N) is 2. The Hall–Kier alpha value is -1.44. The van der Waals surface area contributed by atoms with Crippen LogP contribution in [0.3, 0.4) is 0 Å². The highest BCUT2D eigenvalue weighted by molar-refractivity contribution is 5.37. The van der Waals surface area contributed by atoms with Gasteiger partial charge in [-0.1, -0.05) is 6.07 Å². The molecule has 0 fully saturated rings. The molecule has 0 bridgehead atoms. The molecule has 2 N–H and O–H groups in total. The number of nitriles is 1. The molecule has 3 nitrogen and oxygen atoms in total. The minimum Gasteiger partial charge on any atom is -0.329 e. The molecular weight excluding hydrogens is 193 g/mol. The molecule has 15 heavy (non-hydrogen) atoms. The maximum atomic E-state index is 12.8. The molecule has 0 unspecified atom stereocenters. The predicted molar refractivity (Wildman–Crippen MR) is 56.5 cm³/mol. The fourth-order valence-corrected chi connectivity index (χ4v) is 1.38. The van der Waals surface area contributed by atoms with Gasteiger partial charge in [-0.25, -0.2) is 4.39 Å². The van der Waals surface area contributed by atoms with Crippen LogP contribution in [0.4, 0.5) is 4.39 Å². The SMILES string of the molecule is CN(CCN)Cc1ccc(F)cc1C#N. The first kappa shape index (κ1) is 11.6. The van der Waals surface area contributed by atoms with Crippen LogP contribution in [-0.2, 0) is 6.54 Å². The lowest BCUT2D eigenvalue weighted by molar-refractivity contribution is 0.336. The fourth-order valence-electron chi connectivity index (χ4n) is 1.38. The van der Waals surface area contributed by atoms with E-state index in [0.717, 1.165) is 12.1 Å². The maximum absolute atomic E-state index is 12.8. The molecule has 0 aromatic heterocycles. The smallest absolute Gasteiger partial charge is 0.124 e. The zero-order valence-corrected chi connectivity index (χ0v) is 8.70. The van der Waals surface area contributed by atoms with Crippen molar-refractivity contribution in [2.24, 2.45) is 5.73 Å². The first-order valence-electron chi connectivity index (χ1n) is 4.74. The highest BCUT2D eigenvalue weighted by atomic mass is 19.1. The summed E-state index contributed by atoms with van der Waals surface area (Å²) >= 11 is 0. The average molecular weight is 207 g/mol. The van der Waals surface area contributed by atoms with Crippen molar-refractivity contribution in [2.75, 3.05) is 20.1 Å². The van der Waals surface area contributed by atoms with E-state index in [9.17, 15) is 4.39 Å². The summed E-state index contributed by atoms with van der Waals surface area (Å²) in [5.74, 6) is -0.378. The Morgan fingerprint density at radius 3 is 2.87 bits per heavy atom. The normalized spacial score (nSPS) is 10.3. The summed E-state index contributed by atoms with van der Waals surface area (Å²) in [6, 6.07) is 6.25. The summed E-state index contributed by atoms with van der Waals surface area (Å²) in [5.41, 5.74) is 6.63. The van der Waals surface area contributed by atoms with E-state index >= 15 is 0 Å². The second-order valence-corrected chi connectivity index (χ2v) is 3.44. The van der Waals surface area contributed by atoms with Crippen molar-refractivity contribution in [3.05, 3.63) is 35.1 Å². The van der Waals surface area contributed by atoms with Gasteiger partial charge in [-0.3, -0.25) is 0 Å². The predicted octanol–water partition coefficient (Wildman–Crippen LogP) is 1.09. The molecule has 0 aliphatic rings. The van der Waals surface area contributed by atoms with E-state index in [1.807, 2.05) is 18.0 Å². The summed E-state index contributed by atoms with van der Waals surface area (Å²) in [6.45, 7) is 1.93. The molecule has 0 heterocycles. The van der Waals surface area contributed by atoms with Gasteiger partial charge in [-0.2, -0.15) is 5.26 Å². The van der Waals surface area contributed by atoms with Crippen molar-refractivity contribution >= 4 is 0 Å². The van der Waals surface area contributed by atoms with Gasteiger partial charge in [-0.15, -0.1) is 0 Å². The van der Waals surface area contributed by atoms with Crippen molar-refractivity contribution < 1.29 is 4.39 Å². The first-order chi connectivity index (χ1) is 7.17. The first-order valence-corrected chi connectivity index (χ1v) is 4.74. The molecule has 0 aliphatic heterocycles. The Morgan fingerprint density at radius 1 is 1.53 bits per heavy atom. The van der Waals surface area contributed by atoms with Gasteiger partial charge in [0.25, 0.3) is 0 Å². The zero-order valence-electron chi connectivity index (χ0n) is 8.70. The van der Waals surface area contributed by atoms with Crippen LogP contribution in [0.15, 0.2) is 18.2 Å². The molecule has 0 atom stereocenters. The van der Waals surface area contributed by atoms with Gasteiger partial charge in [0.05, 0.1) is 11.6 Å². The van der Waals surface area contributed by atoms with Gasteiger partial charge in [0.1, 0.15) is 5.82 Å². The van der Waals surface area contributed by atoms with Crippen LogP contribution in [0.25, 0.3) is 0 Å². The molecule has 80 valence electrons. The summed E-state index contributed by atoms with van der Waals surface area (Å²) in [5, 5.41) is 8.83. The molecule has 1 aromatic rings. The van der Waals surface area contributed by atoms with Crippen LogP contribution in [0.2, 0.25) is 0 Å². The van der Waals surface area contributed by atoms with Crippen LogP contribution in [0, 0.1) is 17.1 Å². The maximum Gasteiger partial charge on any atom is 0.124 e. The van der Waals surface area contributed by atoms with E-state index in [2.05, 4.69) is 0 Å². The van der Waals surface area contributed by atoms with E-state index in [1.165, 1.54) is 12.1 Å². The Balaban J connectivity index is 2.81. The summed E-state index contributed by atoms with van der Waals surface area (Å²) in [6.07, 6.45) is 0. The number of halogens is 1. The van der Waals surface area contributed by atoms with Crippen LogP contribution in [0.5, 0.6) is 0 Å². The monoisotopic (exact) mass is 207 g/mol. The lowest BCUT2D eigenvalue weighted by Gasteiger charge is -2.16. The highest BCUT2D eigenvalue weighted by Gasteiger charge is 2.06. The standard InChI is InChI=1S/C11H14FN3/c1-15(5-4-13)8-9-2-3-11(12)6-10(9)7-14/h2-3,6H,4-5,8,13H2,1H3. The molecule has 0 saturated heterocycles. The second kappa shape index (κ2) is 5.44. The third-order valence-electron chi connectivity index (χ3n) is 2.14. The Morgan fingerprint density at radius 2 is 2.27 bits per heavy atom. The van der Waals surface area contributed by atoms with E-state index in [-0.39, 0.29) is 5.82 Å². The van der Waals surface area contributed by atoms with Crippen molar-refractivity contribution in [1.29, 1.82) is 5.26 Å². The molecule has 0 radical (unpaired) electrons. The topological polar surface area (TPSA) is 53.0 Å². The van der Waals surface area contributed by atoms with Gasteiger partial charge in [0.15, 0.2) is 0 Å². The van der Waals surface area contributed by atoms with Gasteiger partial charge in [0.2, 0.25) is 0 Å². The molecule has 0 amide bonds. The van der Waals surface area contributed by atoms with E-state index in [1.54, 1.807) is 6.07 Å². The third-order valence-corrected chi connectivity index (χ3v) is 2.14. The van der Waals surface area contributed by atoms with Crippen molar-refractivity contribution in [1.82, 2.24) is 4.90 Å². The van der Waals surface area contributed by atoms with Crippen LogP contribution in [0.1, 0.15) is 11.1 Å². The van der Waals surface area contributed by atoms with Gasteiger partial charge in [-0.05, 0) is 24.7 Å². The third kappa shape index (κ3) is 3.31. The summed E-state index contributed by atoms with van der Waals surface area (Å²) < 4.78 is 12.8. The van der Waals surface area contributed by atoms with Crippen LogP contribution in [-0.4, -0.2) is 25.0 Å². The largest absolute Gasteiger partial charge is 0.329 e. The summed E-state index contributed by atoms with van der Waals surface area (Å²) in [7, 11) is 1.91. The Kier molecular flexibility index (Phi) is 4.22. The minimum atomic E-state index is -0.378. The summed E-state index contributed by atoms with van der Waals surface area (Å²) in [4.78, 5) is 1.99. The average Bonchev–Trinajstić information content (AvgIpc) is 2.21. The molecule has 0 aliphatic carbocycles. The van der Waals surface area contributed by atoms with Crippen LogP contribution >= 0.6 is 0 Å². The fraction of sp³-hybridized carbons (Fsp3) is 0.364. The zero-order chi connectivity index (χ0) is 11.3. The van der Waals surface area contributed by atoms with Gasteiger partial charge in [0, 0.05) is 19.6 Å². The number of nitrogens with two attached hydrogens (primary N) is 1. The van der Waals surface area contributed by atoms with Crippen molar-refractivity contribution in [3.63, 3.8) is 0 Å². The quantitative estimate of drug-likeness (QED) is 0.804. The number of benzene rings is 1. The van der Waals surface area contributed by atoms with E-state index in [0.29, 0.717) is 18.7 Å². The second-order valence-electron chi connectivity index (χ2n) is 3.44. The van der Waals surface area contributed by atoms with Crippen molar-refractivity contribution in [2.45, 2.75) is 6.54 Å². The molecule has 0 saturated carbocycles. The number of hydrogen-bond acceptors (Lipinski definition) is 3. The van der Waals surface area contributed by atoms with Gasteiger partial charge >= 0.3 is 0 Å². The molecular formula is C11H14FN3. The lowest BCUT2D eigenvalue weighted by atomic mass is 10.1. The van der Waals surface area contributed by atoms with Crippen molar-refractivity contribution in [3.8, 4) is 6.07 Å². The highest BCUT2D eigenvalue weighted by Crippen LogP contribution is 2.12. The molecule has 0 spiro atoms. The van der Waals surface area contributed by atoms with E-state index < -0.39 is 0 Å². The number of rotatable bonds is 4. The molecule has 4 heteroatoms. The number of likely N-dealkylation sites (N-methyl/N-ethyl adjacent to an activating group) is 1. The Bertz CT molecular complexity index is 371. The number of hydrogen-bond donors (Lipinski definition) is 1. The van der Waals surface area contributed by atoms with E-state index in [4.69, 9.17) is 11.0 Å². The van der Waals surface area contributed by atoms with Gasteiger partial charge < -0.3 is 10.6 Å². The van der Waals surface area contributed by atoms with Crippen LogP contribution < -0.4 is 5.73 Å². The lowest BCUT2D eigenvalue weighted by Crippen LogP contribution is -2.25. The minimum absolute atomic E-state index is 0.378. The molecule has 1 rings (SSSR count).